The number of hydrogen-bond donors (Lipinski definition) is 2. The third-order valence-corrected chi connectivity index (χ3v) is 4.95. The van der Waals surface area contributed by atoms with Crippen LogP contribution in [0.1, 0.15) is 40.0 Å². The van der Waals surface area contributed by atoms with Gasteiger partial charge in [-0.2, -0.15) is 0 Å². The summed E-state index contributed by atoms with van der Waals surface area (Å²) in [6, 6.07) is -1.32. The van der Waals surface area contributed by atoms with Crippen molar-refractivity contribution in [3.63, 3.8) is 0 Å². The number of carboxylic acids is 1. The molecule has 1 aliphatic rings. The molecule has 0 aromatic heterocycles. The van der Waals surface area contributed by atoms with Crippen molar-refractivity contribution in [2.75, 3.05) is 5.75 Å². The maximum absolute atomic E-state index is 12.4. The highest BCUT2D eigenvalue weighted by atomic mass is 32.2. The molecule has 1 amide bonds. The summed E-state index contributed by atoms with van der Waals surface area (Å²) in [7, 11) is 0. The summed E-state index contributed by atoms with van der Waals surface area (Å²) in [5, 5.41) is 9.16. The molecular weight excluding hydrogens is 264 g/mol. The molecule has 0 spiro atoms. The monoisotopic (exact) mass is 288 g/mol. The Morgan fingerprint density at radius 2 is 2.11 bits per heavy atom. The van der Waals surface area contributed by atoms with Crippen LogP contribution in [-0.2, 0) is 9.59 Å². The number of rotatable bonds is 6. The molecule has 0 aromatic carbocycles. The third-order valence-electron chi connectivity index (χ3n) is 3.33. The van der Waals surface area contributed by atoms with E-state index in [0.717, 1.165) is 12.8 Å². The summed E-state index contributed by atoms with van der Waals surface area (Å²) in [6.07, 6.45) is 2.48. The Labute approximate surface area is 118 Å². The Bertz CT molecular complexity index is 336. The van der Waals surface area contributed by atoms with Crippen molar-refractivity contribution in [3.8, 4) is 0 Å². The van der Waals surface area contributed by atoms with Gasteiger partial charge >= 0.3 is 5.97 Å². The standard InChI is InChI=1S/C13H24N2O3S/c1-4-5-6-9(14)11(16)15-10(13(17)18)7-19-12(15)8(2)3/h8-10,12H,4-7,14H2,1-3H3,(H,17,18)/t9-,10?,12?/m0/s1. The van der Waals surface area contributed by atoms with Crippen molar-refractivity contribution in [2.24, 2.45) is 11.7 Å². The molecular formula is C13H24N2O3S. The van der Waals surface area contributed by atoms with E-state index in [-0.39, 0.29) is 17.2 Å². The molecule has 110 valence electrons. The van der Waals surface area contributed by atoms with Gasteiger partial charge in [0.15, 0.2) is 0 Å². The first-order chi connectivity index (χ1) is 8.90. The molecule has 0 aliphatic carbocycles. The topological polar surface area (TPSA) is 83.6 Å². The Kier molecular flexibility index (Phi) is 6.13. The lowest BCUT2D eigenvalue weighted by atomic mass is 10.1. The van der Waals surface area contributed by atoms with Gasteiger partial charge < -0.3 is 15.7 Å². The van der Waals surface area contributed by atoms with E-state index >= 15 is 0 Å². The highest BCUT2D eigenvalue weighted by Crippen LogP contribution is 2.34. The highest BCUT2D eigenvalue weighted by Gasteiger charge is 2.43. The Morgan fingerprint density at radius 3 is 2.58 bits per heavy atom. The van der Waals surface area contributed by atoms with Gasteiger partial charge in [0, 0.05) is 5.75 Å². The van der Waals surface area contributed by atoms with Crippen molar-refractivity contribution in [1.29, 1.82) is 0 Å². The average molecular weight is 288 g/mol. The maximum Gasteiger partial charge on any atom is 0.327 e. The molecule has 1 saturated heterocycles. The normalized spacial score (nSPS) is 24.8. The summed E-state index contributed by atoms with van der Waals surface area (Å²) in [6.45, 7) is 6.04. The molecule has 1 fully saturated rings. The number of aliphatic carboxylic acids is 1. The molecule has 3 N–H and O–H groups in total. The summed E-state index contributed by atoms with van der Waals surface area (Å²) in [4.78, 5) is 25.2. The van der Waals surface area contributed by atoms with Crippen LogP contribution in [0.2, 0.25) is 0 Å². The van der Waals surface area contributed by atoms with E-state index in [9.17, 15) is 14.7 Å². The zero-order chi connectivity index (χ0) is 14.6. The van der Waals surface area contributed by atoms with Gasteiger partial charge in [-0.05, 0) is 12.3 Å². The SMILES string of the molecule is CCCC[C@H](N)C(=O)N1C(C(=O)O)CSC1C(C)C. The fraction of sp³-hybridized carbons (Fsp3) is 0.846. The minimum absolute atomic E-state index is 0.0822. The number of nitrogens with zero attached hydrogens (tertiary/aromatic N) is 1. The van der Waals surface area contributed by atoms with Gasteiger partial charge in [-0.15, -0.1) is 11.8 Å². The zero-order valence-corrected chi connectivity index (χ0v) is 12.7. The summed E-state index contributed by atoms with van der Waals surface area (Å²) in [5.41, 5.74) is 5.91. The van der Waals surface area contributed by atoms with E-state index in [1.54, 1.807) is 0 Å². The summed E-state index contributed by atoms with van der Waals surface area (Å²) in [5.74, 6) is -0.488. The first kappa shape index (κ1) is 16.3. The average Bonchev–Trinajstić information content (AvgIpc) is 2.79. The lowest BCUT2D eigenvalue weighted by molar-refractivity contribution is -0.150. The highest BCUT2D eigenvalue weighted by molar-refractivity contribution is 8.00. The number of amides is 1. The van der Waals surface area contributed by atoms with Gasteiger partial charge in [0.2, 0.25) is 5.91 Å². The Balaban J connectivity index is 2.83. The lowest BCUT2D eigenvalue weighted by Gasteiger charge is -2.31. The van der Waals surface area contributed by atoms with Crippen LogP contribution in [0.25, 0.3) is 0 Å². The molecule has 1 heterocycles. The molecule has 0 aromatic rings. The Hall–Kier alpha value is -0.750. The van der Waals surface area contributed by atoms with Crippen molar-refractivity contribution in [3.05, 3.63) is 0 Å². The molecule has 19 heavy (non-hydrogen) atoms. The predicted octanol–water partition coefficient (Wildman–Crippen LogP) is 1.51. The van der Waals surface area contributed by atoms with Gasteiger partial charge in [0.25, 0.3) is 0 Å². The molecule has 1 aliphatic heterocycles. The van der Waals surface area contributed by atoms with Crippen molar-refractivity contribution >= 4 is 23.6 Å². The molecule has 6 heteroatoms. The molecule has 0 saturated carbocycles. The molecule has 0 bridgehead atoms. The second-order valence-electron chi connectivity index (χ2n) is 5.32. The van der Waals surface area contributed by atoms with Crippen LogP contribution in [0.4, 0.5) is 0 Å². The second kappa shape index (κ2) is 7.14. The number of nitrogens with two attached hydrogens (primary N) is 1. The number of carbonyl (C=O) groups is 2. The number of carboxylic acid groups (broad SMARTS) is 1. The smallest absolute Gasteiger partial charge is 0.327 e. The minimum atomic E-state index is -0.938. The number of thioether (sulfide) groups is 1. The number of carbonyl (C=O) groups excluding carboxylic acids is 1. The van der Waals surface area contributed by atoms with Crippen molar-refractivity contribution in [1.82, 2.24) is 4.90 Å². The van der Waals surface area contributed by atoms with Crippen LogP contribution >= 0.6 is 11.8 Å². The Morgan fingerprint density at radius 1 is 1.47 bits per heavy atom. The van der Waals surface area contributed by atoms with Crippen LogP contribution < -0.4 is 5.73 Å². The van der Waals surface area contributed by atoms with E-state index in [1.807, 2.05) is 20.8 Å². The molecule has 2 unspecified atom stereocenters. The predicted molar refractivity (Wildman–Crippen MR) is 76.9 cm³/mol. The van der Waals surface area contributed by atoms with E-state index in [1.165, 1.54) is 16.7 Å². The lowest BCUT2D eigenvalue weighted by Crippen LogP contribution is -2.53. The van der Waals surface area contributed by atoms with E-state index < -0.39 is 18.1 Å². The van der Waals surface area contributed by atoms with Gasteiger partial charge in [0.1, 0.15) is 6.04 Å². The van der Waals surface area contributed by atoms with Crippen LogP contribution in [0, 0.1) is 5.92 Å². The fourth-order valence-electron chi connectivity index (χ4n) is 2.25. The second-order valence-corrected chi connectivity index (χ2v) is 6.47. The largest absolute Gasteiger partial charge is 0.480 e. The molecule has 1 rings (SSSR count). The first-order valence-corrected chi connectivity index (χ1v) is 7.87. The van der Waals surface area contributed by atoms with Gasteiger partial charge in [-0.3, -0.25) is 4.79 Å². The molecule has 0 radical (unpaired) electrons. The summed E-state index contributed by atoms with van der Waals surface area (Å²) < 4.78 is 0. The maximum atomic E-state index is 12.4. The number of hydrogen-bond acceptors (Lipinski definition) is 4. The fourth-order valence-corrected chi connectivity index (χ4v) is 3.73. The number of unbranched alkanes of at least 4 members (excludes halogenated alkanes) is 1. The quantitative estimate of drug-likeness (QED) is 0.774. The van der Waals surface area contributed by atoms with Gasteiger partial charge in [-0.1, -0.05) is 33.6 Å². The first-order valence-electron chi connectivity index (χ1n) is 6.82. The van der Waals surface area contributed by atoms with Crippen molar-refractivity contribution < 1.29 is 14.7 Å². The molecule has 5 nitrogen and oxygen atoms in total. The zero-order valence-electron chi connectivity index (χ0n) is 11.8. The van der Waals surface area contributed by atoms with Crippen molar-refractivity contribution in [2.45, 2.75) is 57.5 Å². The third kappa shape index (κ3) is 3.86. The molecule has 3 atom stereocenters. The van der Waals surface area contributed by atoms with E-state index in [0.29, 0.717) is 12.2 Å². The van der Waals surface area contributed by atoms with Crippen LogP contribution in [0.5, 0.6) is 0 Å². The van der Waals surface area contributed by atoms with Crippen LogP contribution in [0.15, 0.2) is 0 Å². The van der Waals surface area contributed by atoms with Gasteiger partial charge in [0.05, 0.1) is 11.4 Å². The van der Waals surface area contributed by atoms with Gasteiger partial charge in [-0.25, -0.2) is 4.79 Å². The minimum Gasteiger partial charge on any atom is -0.480 e. The van der Waals surface area contributed by atoms with E-state index in [4.69, 9.17) is 5.73 Å². The van der Waals surface area contributed by atoms with Crippen LogP contribution in [-0.4, -0.2) is 45.1 Å². The van der Waals surface area contributed by atoms with Crippen LogP contribution in [0.3, 0.4) is 0 Å². The van der Waals surface area contributed by atoms with E-state index in [2.05, 4.69) is 0 Å². The summed E-state index contributed by atoms with van der Waals surface area (Å²) >= 11 is 1.53.